The highest BCUT2D eigenvalue weighted by molar-refractivity contribution is 7.18. The molecular formula is C25H28N2O3S. The van der Waals surface area contributed by atoms with Gasteiger partial charge in [-0.25, -0.2) is 4.98 Å². The number of ether oxygens (including phenoxy) is 2. The molecule has 0 spiro atoms. The zero-order valence-electron chi connectivity index (χ0n) is 18.1. The van der Waals surface area contributed by atoms with E-state index in [1.165, 1.54) is 21.6 Å². The fraction of sp³-hybridized carbons (Fsp3) is 0.360. The zero-order chi connectivity index (χ0) is 21.8. The van der Waals surface area contributed by atoms with E-state index in [1.807, 2.05) is 18.2 Å². The number of methoxy groups -OCH3 is 2. The summed E-state index contributed by atoms with van der Waals surface area (Å²) in [6, 6.07) is 12.3. The van der Waals surface area contributed by atoms with Crippen LogP contribution < -0.4 is 15.2 Å². The molecule has 0 fully saturated rings. The smallest absolute Gasteiger partial charge is 0.180 e. The first-order chi connectivity index (χ1) is 15.1. The summed E-state index contributed by atoms with van der Waals surface area (Å²) in [6.07, 6.45) is 6.55. The highest BCUT2D eigenvalue weighted by atomic mass is 32.1. The number of carbonyl (C=O) groups excluding carboxylic acids is 1. The lowest BCUT2D eigenvalue weighted by Crippen LogP contribution is -2.00. The van der Waals surface area contributed by atoms with Crippen LogP contribution in [0.15, 0.2) is 36.4 Å². The molecule has 1 heterocycles. The minimum atomic E-state index is 0.344. The van der Waals surface area contributed by atoms with Crippen LogP contribution in [0.25, 0.3) is 10.4 Å². The molecule has 5 nitrogen and oxygen atoms in total. The van der Waals surface area contributed by atoms with Crippen LogP contribution in [0.1, 0.15) is 41.6 Å². The normalized spacial score (nSPS) is 14.7. The van der Waals surface area contributed by atoms with Crippen molar-refractivity contribution in [1.29, 1.82) is 0 Å². The monoisotopic (exact) mass is 436 g/mol. The minimum Gasteiger partial charge on any atom is -0.497 e. The number of ketones is 1. The van der Waals surface area contributed by atoms with Crippen LogP contribution in [0.3, 0.4) is 0 Å². The summed E-state index contributed by atoms with van der Waals surface area (Å²) in [5.41, 5.74) is 12.0. The second-order valence-electron chi connectivity index (χ2n) is 7.91. The predicted molar refractivity (Wildman–Crippen MR) is 125 cm³/mol. The van der Waals surface area contributed by atoms with E-state index in [2.05, 4.69) is 23.2 Å². The van der Waals surface area contributed by atoms with Crippen molar-refractivity contribution in [3.8, 4) is 21.9 Å². The van der Waals surface area contributed by atoms with Crippen molar-refractivity contribution in [2.75, 3.05) is 20.0 Å². The molecule has 2 N–H and O–H groups in total. The number of nitrogen functional groups attached to an aromatic ring is 1. The summed E-state index contributed by atoms with van der Waals surface area (Å²) >= 11 is 1.58. The van der Waals surface area contributed by atoms with Crippen molar-refractivity contribution in [3.05, 3.63) is 58.8 Å². The first-order valence-electron chi connectivity index (χ1n) is 10.7. The maximum Gasteiger partial charge on any atom is 0.180 e. The molecule has 2 aliphatic carbocycles. The standard InChI is InChI=1S/C13H14N2OS.C12H14O2/c1-16-9-6-5-8-3-2-4-11-12(10(8)7-9)17-13(14)15-11;1-14-12-6-5-9-3-2-4-11(13)7-10(9)8-12/h5-7H,2-4H2,1H3,(H2,14,15);5-6,8H,2-4,7H2,1H3. The molecule has 6 heteroatoms. The molecule has 162 valence electrons. The van der Waals surface area contributed by atoms with Crippen LogP contribution in [0.2, 0.25) is 0 Å². The lowest BCUT2D eigenvalue weighted by atomic mass is 10.0. The average Bonchev–Trinajstić information content (AvgIpc) is 2.93. The predicted octanol–water partition coefficient (Wildman–Crippen LogP) is 5.03. The average molecular weight is 437 g/mol. The SMILES string of the molecule is COc1ccc2c(c1)-c1sc(N)nc1CCC2.COc1ccc2c(c1)CC(=O)CCC2. The van der Waals surface area contributed by atoms with Gasteiger partial charge in [0.15, 0.2) is 5.13 Å². The first-order valence-corrected chi connectivity index (χ1v) is 11.5. The minimum absolute atomic E-state index is 0.344. The van der Waals surface area contributed by atoms with E-state index in [4.69, 9.17) is 15.2 Å². The molecule has 2 aromatic carbocycles. The van der Waals surface area contributed by atoms with Gasteiger partial charge in [0.2, 0.25) is 0 Å². The second-order valence-corrected chi connectivity index (χ2v) is 8.94. The van der Waals surface area contributed by atoms with Crippen LogP contribution >= 0.6 is 11.3 Å². The van der Waals surface area contributed by atoms with Gasteiger partial charge in [0.05, 0.1) is 24.8 Å². The fourth-order valence-electron chi connectivity index (χ4n) is 4.22. The van der Waals surface area contributed by atoms with Gasteiger partial charge in [0.1, 0.15) is 17.3 Å². The molecule has 0 atom stereocenters. The number of aromatic nitrogens is 1. The van der Waals surface area contributed by atoms with Gasteiger partial charge in [0.25, 0.3) is 0 Å². The van der Waals surface area contributed by atoms with Gasteiger partial charge < -0.3 is 15.2 Å². The third-order valence-electron chi connectivity index (χ3n) is 5.84. The number of hydrogen-bond donors (Lipinski definition) is 1. The Hall–Kier alpha value is -2.86. The molecule has 2 aliphatic rings. The second kappa shape index (κ2) is 9.52. The lowest BCUT2D eigenvalue weighted by Gasteiger charge is -2.07. The summed E-state index contributed by atoms with van der Waals surface area (Å²) < 4.78 is 10.4. The van der Waals surface area contributed by atoms with Crippen molar-refractivity contribution in [1.82, 2.24) is 4.98 Å². The van der Waals surface area contributed by atoms with Crippen molar-refractivity contribution in [2.45, 2.75) is 44.9 Å². The molecular weight excluding hydrogens is 408 g/mol. The van der Waals surface area contributed by atoms with Crippen LogP contribution in [0, 0.1) is 0 Å². The summed E-state index contributed by atoms with van der Waals surface area (Å²) in [6.45, 7) is 0. The first kappa shape index (κ1) is 21.4. The third-order valence-corrected chi connectivity index (χ3v) is 6.80. The highest BCUT2D eigenvalue weighted by Crippen LogP contribution is 2.39. The topological polar surface area (TPSA) is 74.4 Å². The summed E-state index contributed by atoms with van der Waals surface area (Å²) in [5.74, 6) is 2.08. The maximum absolute atomic E-state index is 11.4. The largest absolute Gasteiger partial charge is 0.497 e. The Kier molecular flexibility index (Phi) is 6.56. The number of aryl methyl sites for hydroxylation is 3. The van der Waals surface area contributed by atoms with E-state index in [9.17, 15) is 4.79 Å². The fourth-order valence-corrected chi connectivity index (χ4v) is 5.15. The van der Waals surface area contributed by atoms with E-state index >= 15 is 0 Å². The number of anilines is 1. The van der Waals surface area contributed by atoms with E-state index in [-0.39, 0.29) is 0 Å². The van der Waals surface area contributed by atoms with E-state index < -0.39 is 0 Å². The molecule has 31 heavy (non-hydrogen) atoms. The van der Waals surface area contributed by atoms with Crippen LogP contribution in [0.4, 0.5) is 5.13 Å². The van der Waals surface area contributed by atoms with E-state index in [0.717, 1.165) is 61.3 Å². The Bertz CT molecular complexity index is 1090. The van der Waals surface area contributed by atoms with Crippen LogP contribution in [-0.4, -0.2) is 25.0 Å². The number of fused-ring (bicyclic) bond motifs is 4. The van der Waals surface area contributed by atoms with E-state index in [0.29, 0.717) is 17.3 Å². The van der Waals surface area contributed by atoms with Crippen LogP contribution in [-0.2, 0) is 30.5 Å². The number of nitrogens with zero attached hydrogens (tertiary/aromatic N) is 1. The molecule has 1 aromatic heterocycles. The Morgan fingerprint density at radius 2 is 1.55 bits per heavy atom. The number of benzene rings is 2. The van der Waals surface area contributed by atoms with Crippen molar-refractivity contribution in [3.63, 3.8) is 0 Å². The molecule has 3 aromatic rings. The summed E-state index contributed by atoms with van der Waals surface area (Å²) in [5, 5.41) is 0.658. The molecule has 0 radical (unpaired) electrons. The molecule has 0 bridgehead atoms. The number of carbonyl (C=O) groups is 1. The van der Waals surface area contributed by atoms with E-state index in [1.54, 1.807) is 25.6 Å². The molecule has 0 aliphatic heterocycles. The van der Waals surface area contributed by atoms with Gasteiger partial charge in [-0.2, -0.15) is 0 Å². The van der Waals surface area contributed by atoms with Gasteiger partial charge in [-0.1, -0.05) is 23.5 Å². The number of rotatable bonds is 2. The number of nitrogens with two attached hydrogens (primary N) is 1. The summed E-state index contributed by atoms with van der Waals surface area (Å²) in [4.78, 5) is 17.0. The lowest BCUT2D eigenvalue weighted by molar-refractivity contribution is -0.118. The Labute approximate surface area is 187 Å². The number of hydrogen-bond acceptors (Lipinski definition) is 6. The molecule has 0 amide bonds. The number of thiazole rings is 1. The molecule has 0 saturated carbocycles. The van der Waals surface area contributed by atoms with Gasteiger partial charge >= 0.3 is 0 Å². The Morgan fingerprint density at radius 3 is 2.32 bits per heavy atom. The summed E-state index contributed by atoms with van der Waals surface area (Å²) in [7, 11) is 3.35. The van der Waals surface area contributed by atoms with Gasteiger partial charge in [-0.05, 0) is 73.1 Å². The highest BCUT2D eigenvalue weighted by Gasteiger charge is 2.19. The third kappa shape index (κ3) is 4.90. The van der Waals surface area contributed by atoms with Crippen LogP contribution in [0.5, 0.6) is 11.5 Å². The zero-order valence-corrected chi connectivity index (χ0v) is 18.9. The van der Waals surface area contributed by atoms with Gasteiger partial charge in [0, 0.05) is 18.4 Å². The van der Waals surface area contributed by atoms with Crippen molar-refractivity contribution < 1.29 is 14.3 Å². The van der Waals surface area contributed by atoms with Gasteiger partial charge in [-0.15, -0.1) is 0 Å². The molecule has 0 unspecified atom stereocenters. The van der Waals surface area contributed by atoms with Crippen molar-refractivity contribution in [2.24, 2.45) is 0 Å². The van der Waals surface area contributed by atoms with Gasteiger partial charge in [-0.3, -0.25) is 4.79 Å². The maximum atomic E-state index is 11.4. The Balaban J connectivity index is 0.000000152. The van der Waals surface area contributed by atoms with Crippen molar-refractivity contribution >= 4 is 22.3 Å². The Morgan fingerprint density at radius 1 is 0.871 bits per heavy atom. The number of Topliss-reactive ketones (excluding diaryl/α,β-unsaturated/α-hetero) is 1. The molecule has 5 rings (SSSR count). The quantitative estimate of drug-likeness (QED) is 0.570. The molecule has 0 saturated heterocycles.